The quantitative estimate of drug-likeness (QED) is 0.713. The van der Waals surface area contributed by atoms with Crippen LogP contribution in [0.1, 0.15) is 47.0 Å². The van der Waals surface area contributed by atoms with E-state index in [1.165, 1.54) is 0 Å². The maximum Gasteiger partial charge on any atom is 0.410 e. The van der Waals surface area contributed by atoms with Crippen molar-refractivity contribution in [2.24, 2.45) is 5.92 Å². The second-order valence-corrected chi connectivity index (χ2v) is 5.76. The molecule has 0 bridgehead atoms. The summed E-state index contributed by atoms with van der Waals surface area (Å²) in [5, 5.41) is 0. The highest BCUT2D eigenvalue weighted by molar-refractivity contribution is 5.69. The van der Waals surface area contributed by atoms with Crippen molar-refractivity contribution in [1.82, 2.24) is 4.90 Å². The van der Waals surface area contributed by atoms with Gasteiger partial charge in [0.25, 0.3) is 0 Å². The van der Waals surface area contributed by atoms with Crippen molar-refractivity contribution in [3.05, 3.63) is 0 Å². The molecule has 0 N–H and O–H groups in total. The maximum atomic E-state index is 12.0. The van der Waals surface area contributed by atoms with Gasteiger partial charge in [0.2, 0.25) is 0 Å². The van der Waals surface area contributed by atoms with E-state index in [4.69, 9.17) is 4.74 Å². The summed E-state index contributed by atoms with van der Waals surface area (Å²) < 4.78 is 5.38. The summed E-state index contributed by atoms with van der Waals surface area (Å²) >= 11 is 0. The molecule has 1 aliphatic rings. The first kappa shape index (κ1) is 14.0. The van der Waals surface area contributed by atoms with E-state index in [1.54, 1.807) is 4.90 Å². The van der Waals surface area contributed by atoms with E-state index in [9.17, 15) is 9.59 Å². The molecule has 0 radical (unpaired) electrons. The standard InChI is InChI=1S/C13H23NO3/c1-10(7-9-15)11-6-5-8-14(11)12(16)17-13(2,3)4/h9-11H,5-8H2,1-4H3. The lowest BCUT2D eigenvalue weighted by Gasteiger charge is -2.31. The van der Waals surface area contributed by atoms with Gasteiger partial charge in [0.15, 0.2) is 0 Å². The fourth-order valence-electron chi connectivity index (χ4n) is 2.24. The van der Waals surface area contributed by atoms with Crippen molar-refractivity contribution >= 4 is 12.4 Å². The summed E-state index contributed by atoms with van der Waals surface area (Å²) in [4.78, 5) is 24.3. The van der Waals surface area contributed by atoms with E-state index >= 15 is 0 Å². The van der Waals surface area contributed by atoms with E-state index in [-0.39, 0.29) is 18.1 Å². The molecule has 0 spiro atoms. The molecular weight excluding hydrogens is 218 g/mol. The van der Waals surface area contributed by atoms with Crippen molar-refractivity contribution in [1.29, 1.82) is 0 Å². The van der Waals surface area contributed by atoms with Gasteiger partial charge in [-0.25, -0.2) is 4.79 Å². The second-order valence-electron chi connectivity index (χ2n) is 5.76. The van der Waals surface area contributed by atoms with Gasteiger partial charge in [-0.05, 0) is 39.5 Å². The number of hydrogen-bond acceptors (Lipinski definition) is 3. The number of hydrogen-bond donors (Lipinski definition) is 0. The highest BCUT2D eigenvalue weighted by Gasteiger charge is 2.34. The SMILES string of the molecule is CC(CC=O)C1CCCN1C(=O)OC(C)(C)C. The van der Waals surface area contributed by atoms with Gasteiger partial charge >= 0.3 is 6.09 Å². The van der Waals surface area contributed by atoms with Gasteiger partial charge in [0, 0.05) is 19.0 Å². The Labute approximate surface area is 103 Å². The minimum absolute atomic E-state index is 0.148. The molecule has 1 fully saturated rings. The molecule has 1 rings (SSSR count). The molecule has 0 saturated carbocycles. The first-order chi connectivity index (χ1) is 7.85. The Hall–Kier alpha value is -1.06. The Morgan fingerprint density at radius 1 is 1.53 bits per heavy atom. The number of likely N-dealkylation sites (tertiary alicyclic amines) is 1. The predicted molar refractivity (Wildman–Crippen MR) is 65.8 cm³/mol. The van der Waals surface area contributed by atoms with Gasteiger partial charge in [-0.3, -0.25) is 0 Å². The van der Waals surface area contributed by atoms with E-state index in [0.29, 0.717) is 6.42 Å². The molecule has 0 aliphatic carbocycles. The third-order valence-electron chi connectivity index (χ3n) is 3.05. The van der Waals surface area contributed by atoms with Crippen LogP contribution in [0.15, 0.2) is 0 Å². The molecule has 4 nitrogen and oxygen atoms in total. The van der Waals surface area contributed by atoms with E-state index in [0.717, 1.165) is 25.7 Å². The monoisotopic (exact) mass is 241 g/mol. The zero-order valence-corrected chi connectivity index (χ0v) is 11.2. The molecule has 1 heterocycles. The topological polar surface area (TPSA) is 46.6 Å². The van der Waals surface area contributed by atoms with Gasteiger partial charge in [-0.15, -0.1) is 0 Å². The van der Waals surface area contributed by atoms with Gasteiger partial charge in [-0.2, -0.15) is 0 Å². The zero-order chi connectivity index (χ0) is 13.1. The average Bonchev–Trinajstić information content (AvgIpc) is 2.63. The Morgan fingerprint density at radius 2 is 2.18 bits per heavy atom. The Balaban J connectivity index is 2.62. The van der Waals surface area contributed by atoms with Crippen LogP contribution in [0.25, 0.3) is 0 Å². The second kappa shape index (κ2) is 5.52. The minimum atomic E-state index is -0.460. The zero-order valence-electron chi connectivity index (χ0n) is 11.2. The number of ether oxygens (including phenoxy) is 1. The molecule has 98 valence electrons. The third-order valence-corrected chi connectivity index (χ3v) is 3.05. The van der Waals surface area contributed by atoms with Crippen LogP contribution in [-0.2, 0) is 9.53 Å². The molecule has 0 aromatic rings. The number of rotatable bonds is 3. The number of carbonyl (C=O) groups excluding carboxylic acids is 2. The molecule has 0 aromatic carbocycles. The van der Waals surface area contributed by atoms with Crippen LogP contribution < -0.4 is 0 Å². The van der Waals surface area contributed by atoms with Crippen LogP contribution in [-0.4, -0.2) is 35.5 Å². The fourth-order valence-corrected chi connectivity index (χ4v) is 2.24. The molecule has 1 aliphatic heterocycles. The average molecular weight is 241 g/mol. The molecule has 1 saturated heterocycles. The Kier molecular flexibility index (Phi) is 4.54. The number of aldehydes is 1. The van der Waals surface area contributed by atoms with Crippen LogP contribution in [0.5, 0.6) is 0 Å². The normalized spacial score (nSPS) is 22.4. The van der Waals surface area contributed by atoms with Crippen molar-refractivity contribution < 1.29 is 14.3 Å². The molecule has 1 amide bonds. The highest BCUT2D eigenvalue weighted by Crippen LogP contribution is 2.27. The lowest BCUT2D eigenvalue weighted by Crippen LogP contribution is -2.42. The largest absolute Gasteiger partial charge is 0.444 e. The number of amides is 1. The van der Waals surface area contributed by atoms with Crippen molar-refractivity contribution in [3.63, 3.8) is 0 Å². The minimum Gasteiger partial charge on any atom is -0.444 e. The van der Waals surface area contributed by atoms with E-state index < -0.39 is 5.60 Å². The lowest BCUT2D eigenvalue weighted by molar-refractivity contribution is -0.108. The Bertz CT molecular complexity index is 283. The summed E-state index contributed by atoms with van der Waals surface area (Å²) in [5.41, 5.74) is -0.460. The van der Waals surface area contributed by atoms with Gasteiger partial charge in [0.05, 0.1) is 0 Å². The summed E-state index contributed by atoms with van der Waals surface area (Å²) in [6, 6.07) is 0.148. The molecule has 4 heteroatoms. The first-order valence-electron chi connectivity index (χ1n) is 6.28. The molecule has 17 heavy (non-hydrogen) atoms. The molecule has 2 atom stereocenters. The third kappa shape index (κ3) is 4.02. The van der Waals surface area contributed by atoms with Gasteiger partial charge in [-0.1, -0.05) is 6.92 Å². The van der Waals surface area contributed by atoms with Gasteiger partial charge in [0.1, 0.15) is 11.9 Å². The maximum absolute atomic E-state index is 12.0. The number of carbonyl (C=O) groups is 2. The fraction of sp³-hybridized carbons (Fsp3) is 0.846. The van der Waals surface area contributed by atoms with Crippen LogP contribution in [0.2, 0.25) is 0 Å². The molecule has 2 unspecified atom stereocenters. The Morgan fingerprint density at radius 3 is 2.71 bits per heavy atom. The van der Waals surface area contributed by atoms with Crippen molar-refractivity contribution in [3.8, 4) is 0 Å². The van der Waals surface area contributed by atoms with E-state index in [1.807, 2.05) is 27.7 Å². The number of nitrogens with zero attached hydrogens (tertiary/aromatic N) is 1. The van der Waals surface area contributed by atoms with Crippen LogP contribution >= 0.6 is 0 Å². The van der Waals surface area contributed by atoms with Crippen molar-refractivity contribution in [2.75, 3.05) is 6.54 Å². The molecule has 0 aromatic heterocycles. The van der Waals surface area contributed by atoms with E-state index in [2.05, 4.69) is 0 Å². The molecular formula is C13H23NO3. The smallest absolute Gasteiger partial charge is 0.410 e. The summed E-state index contributed by atoms with van der Waals surface area (Å²) in [6.45, 7) is 8.35. The van der Waals surface area contributed by atoms with Crippen LogP contribution in [0, 0.1) is 5.92 Å². The predicted octanol–water partition coefficient (Wildman–Crippen LogP) is 2.61. The summed E-state index contributed by atoms with van der Waals surface area (Å²) in [7, 11) is 0. The highest BCUT2D eigenvalue weighted by atomic mass is 16.6. The lowest BCUT2D eigenvalue weighted by atomic mass is 9.97. The van der Waals surface area contributed by atoms with Crippen LogP contribution in [0.4, 0.5) is 4.79 Å². The summed E-state index contributed by atoms with van der Waals surface area (Å²) in [5.74, 6) is 0.211. The van der Waals surface area contributed by atoms with Gasteiger partial charge < -0.3 is 14.4 Å². The first-order valence-corrected chi connectivity index (χ1v) is 6.28. The van der Waals surface area contributed by atoms with Crippen LogP contribution in [0.3, 0.4) is 0 Å². The van der Waals surface area contributed by atoms with Crippen molar-refractivity contribution in [2.45, 2.75) is 58.6 Å². The summed E-state index contributed by atoms with van der Waals surface area (Å²) in [6.07, 6.45) is 3.14.